The van der Waals surface area contributed by atoms with Gasteiger partial charge >= 0.3 is 0 Å². The number of aromatic nitrogens is 1. The Morgan fingerprint density at radius 3 is 2.57 bits per heavy atom. The molecule has 1 heterocycles. The summed E-state index contributed by atoms with van der Waals surface area (Å²) < 4.78 is 1.10. The van der Waals surface area contributed by atoms with Gasteiger partial charge in [0.15, 0.2) is 5.13 Å². The van der Waals surface area contributed by atoms with E-state index < -0.39 is 0 Å². The zero-order valence-electron chi connectivity index (χ0n) is 12.0. The SMILES string of the molecule is CCN(C(=O)c1ccccc1C)c1nc2ccccc2s1. The van der Waals surface area contributed by atoms with Crippen molar-refractivity contribution < 1.29 is 4.79 Å². The predicted molar refractivity (Wildman–Crippen MR) is 88.1 cm³/mol. The summed E-state index contributed by atoms with van der Waals surface area (Å²) in [5, 5.41) is 0.756. The number of carbonyl (C=O) groups excluding carboxylic acids is 1. The van der Waals surface area contributed by atoms with Crippen LogP contribution in [0.25, 0.3) is 10.2 Å². The number of amides is 1. The summed E-state index contributed by atoms with van der Waals surface area (Å²) in [5.74, 6) is 0.00894. The van der Waals surface area contributed by atoms with Crippen LogP contribution in [0.3, 0.4) is 0 Å². The molecule has 3 aromatic rings. The fourth-order valence-corrected chi connectivity index (χ4v) is 3.33. The van der Waals surface area contributed by atoms with Crippen LogP contribution in [0.15, 0.2) is 48.5 Å². The summed E-state index contributed by atoms with van der Waals surface area (Å²) in [7, 11) is 0. The first-order valence-electron chi connectivity index (χ1n) is 6.93. The molecule has 3 rings (SSSR count). The highest BCUT2D eigenvalue weighted by Gasteiger charge is 2.20. The Labute approximate surface area is 127 Å². The van der Waals surface area contributed by atoms with Gasteiger partial charge in [0.2, 0.25) is 0 Å². The third-order valence-electron chi connectivity index (χ3n) is 3.45. The number of hydrogen-bond acceptors (Lipinski definition) is 3. The van der Waals surface area contributed by atoms with Gasteiger partial charge in [0.1, 0.15) is 0 Å². The summed E-state index contributed by atoms with van der Waals surface area (Å²) in [5.41, 5.74) is 2.66. The summed E-state index contributed by atoms with van der Waals surface area (Å²) in [6, 6.07) is 15.6. The Kier molecular flexibility index (Phi) is 3.71. The van der Waals surface area contributed by atoms with Crippen LogP contribution in [0.1, 0.15) is 22.8 Å². The van der Waals surface area contributed by atoms with Gasteiger partial charge in [-0.1, -0.05) is 41.7 Å². The minimum absolute atomic E-state index is 0.00894. The maximum atomic E-state index is 12.8. The first-order valence-corrected chi connectivity index (χ1v) is 7.75. The van der Waals surface area contributed by atoms with E-state index in [0.29, 0.717) is 6.54 Å². The van der Waals surface area contributed by atoms with Gasteiger partial charge in [-0.3, -0.25) is 9.69 Å². The second kappa shape index (κ2) is 5.66. The van der Waals surface area contributed by atoms with Crippen molar-refractivity contribution in [3.63, 3.8) is 0 Å². The number of aryl methyl sites for hydroxylation is 1. The average Bonchev–Trinajstić information content (AvgIpc) is 2.91. The molecule has 0 saturated carbocycles. The molecule has 3 nitrogen and oxygen atoms in total. The van der Waals surface area contributed by atoms with E-state index in [1.165, 1.54) is 0 Å². The van der Waals surface area contributed by atoms with Crippen LogP contribution in [0, 0.1) is 6.92 Å². The van der Waals surface area contributed by atoms with Gasteiger partial charge in [-0.2, -0.15) is 0 Å². The predicted octanol–water partition coefficient (Wildman–Crippen LogP) is 4.27. The summed E-state index contributed by atoms with van der Waals surface area (Å²) in [6.45, 7) is 4.54. The van der Waals surface area contributed by atoms with Crippen LogP contribution in [0.2, 0.25) is 0 Å². The highest BCUT2D eigenvalue weighted by Crippen LogP contribution is 2.29. The van der Waals surface area contributed by atoms with Gasteiger partial charge in [-0.25, -0.2) is 4.98 Å². The normalized spacial score (nSPS) is 10.8. The molecule has 2 aromatic carbocycles. The number of hydrogen-bond donors (Lipinski definition) is 0. The molecule has 1 aromatic heterocycles. The van der Waals surface area contributed by atoms with E-state index >= 15 is 0 Å². The van der Waals surface area contributed by atoms with Crippen molar-refractivity contribution in [1.82, 2.24) is 4.98 Å². The van der Waals surface area contributed by atoms with Crippen molar-refractivity contribution in [3.05, 3.63) is 59.7 Å². The molecule has 0 bridgehead atoms. The largest absolute Gasteiger partial charge is 0.284 e. The average molecular weight is 296 g/mol. The molecule has 0 aliphatic rings. The van der Waals surface area contributed by atoms with E-state index in [-0.39, 0.29) is 5.91 Å². The van der Waals surface area contributed by atoms with Crippen molar-refractivity contribution >= 4 is 32.6 Å². The van der Waals surface area contributed by atoms with E-state index in [1.807, 2.05) is 62.4 Å². The molecule has 0 spiro atoms. The molecular weight excluding hydrogens is 280 g/mol. The summed E-state index contributed by atoms with van der Waals surface area (Å²) >= 11 is 1.55. The second-order valence-electron chi connectivity index (χ2n) is 4.83. The Hall–Kier alpha value is -2.20. The molecule has 0 saturated heterocycles. The number of para-hydroxylation sites is 1. The van der Waals surface area contributed by atoms with Crippen LogP contribution >= 0.6 is 11.3 Å². The van der Waals surface area contributed by atoms with E-state index in [4.69, 9.17) is 0 Å². The molecule has 0 atom stereocenters. The highest BCUT2D eigenvalue weighted by atomic mass is 32.1. The molecule has 0 N–H and O–H groups in total. The third-order valence-corrected chi connectivity index (χ3v) is 4.51. The standard InChI is InChI=1S/C17H16N2OS/c1-3-19(16(20)13-9-5-4-8-12(13)2)17-18-14-10-6-7-11-15(14)21-17/h4-11H,3H2,1-2H3. The van der Waals surface area contributed by atoms with Crippen LogP contribution in [-0.2, 0) is 0 Å². The molecule has 0 fully saturated rings. The zero-order valence-corrected chi connectivity index (χ0v) is 12.9. The van der Waals surface area contributed by atoms with Gasteiger partial charge in [-0.05, 0) is 37.6 Å². The topological polar surface area (TPSA) is 33.2 Å². The summed E-state index contributed by atoms with van der Waals surface area (Å²) in [6.07, 6.45) is 0. The number of rotatable bonds is 3. The second-order valence-corrected chi connectivity index (χ2v) is 5.84. The molecule has 0 unspecified atom stereocenters. The van der Waals surface area contributed by atoms with Crippen molar-refractivity contribution in [2.45, 2.75) is 13.8 Å². The fourth-order valence-electron chi connectivity index (χ4n) is 2.30. The van der Waals surface area contributed by atoms with Crippen molar-refractivity contribution in [2.24, 2.45) is 0 Å². The third kappa shape index (κ3) is 2.54. The Morgan fingerprint density at radius 2 is 1.86 bits per heavy atom. The maximum absolute atomic E-state index is 12.8. The van der Waals surface area contributed by atoms with Crippen molar-refractivity contribution in [3.8, 4) is 0 Å². The molecular formula is C17H16N2OS. The maximum Gasteiger partial charge on any atom is 0.260 e. The molecule has 0 aliphatic carbocycles. The lowest BCUT2D eigenvalue weighted by Crippen LogP contribution is -2.31. The number of thiazole rings is 1. The Morgan fingerprint density at radius 1 is 1.14 bits per heavy atom. The fraction of sp³-hybridized carbons (Fsp3) is 0.176. The minimum Gasteiger partial charge on any atom is -0.284 e. The smallest absolute Gasteiger partial charge is 0.260 e. The van der Waals surface area contributed by atoms with Crippen LogP contribution in [-0.4, -0.2) is 17.4 Å². The molecule has 1 amide bonds. The molecule has 0 aliphatic heterocycles. The van der Waals surface area contributed by atoms with E-state index in [1.54, 1.807) is 16.2 Å². The summed E-state index contributed by atoms with van der Waals surface area (Å²) in [4.78, 5) is 19.1. The minimum atomic E-state index is 0.00894. The number of benzene rings is 2. The zero-order chi connectivity index (χ0) is 14.8. The lowest BCUT2D eigenvalue weighted by molar-refractivity contribution is 0.0987. The molecule has 21 heavy (non-hydrogen) atoms. The number of anilines is 1. The molecule has 0 radical (unpaired) electrons. The van der Waals surface area contributed by atoms with E-state index in [9.17, 15) is 4.79 Å². The van der Waals surface area contributed by atoms with Crippen molar-refractivity contribution in [1.29, 1.82) is 0 Å². The number of nitrogens with zero attached hydrogens (tertiary/aromatic N) is 2. The van der Waals surface area contributed by atoms with E-state index in [0.717, 1.165) is 26.5 Å². The van der Waals surface area contributed by atoms with Gasteiger partial charge in [-0.15, -0.1) is 0 Å². The van der Waals surface area contributed by atoms with E-state index in [2.05, 4.69) is 4.98 Å². The van der Waals surface area contributed by atoms with Crippen LogP contribution in [0.4, 0.5) is 5.13 Å². The Bertz CT molecular complexity index is 761. The van der Waals surface area contributed by atoms with Crippen LogP contribution < -0.4 is 4.90 Å². The number of carbonyl (C=O) groups is 1. The first-order chi connectivity index (χ1) is 10.2. The molecule has 106 valence electrons. The number of fused-ring (bicyclic) bond motifs is 1. The highest BCUT2D eigenvalue weighted by molar-refractivity contribution is 7.22. The van der Waals surface area contributed by atoms with Gasteiger partial charge in [0.05, 0.1) is 10.2 Å². The van der Waals surface area contributed by atoms with Gasteiger partial charge in [0, 0.05) is 12.1 Å². The monoisotopic (exact) mass is 296 g/mol. The van der Waals surface area contributed by atoms with Crippen LogP contribution in [0.5, 0.6) is 0 Å². The lowest BCUT2D eigenvalue weighted by Gasteiger charge is -2.18. The molecule has 4 heteroatoms. The lowest BCUT2D eigenvalue weighted by atomic mass is 10.1. The Balaban J connectivity index is 2.01. The van der Waals surface area contributed by atoms with Gasteiger partial charge < -0.3 is 0 Å². The van der Waals surface area contributed by atoms with Crippen molar-refractivity contribution in [2.75, 3.05) is 11.4 Å². The van der Waals surface area contributed by atoms with Gasteiger partial charge in [0.25, 0.3) is 5.91 Å². The quantitative estimate of drug-likeness (QED) is 0.723. The first kappa shape index (κ1) is 13.8.